The minimum Gasteiger partial charge on any atom is -0.472 e. The Bertz CT molecular complexity index is 894. The highest BCUT2D eigenvalue weighted by molar-refractivity contribution is 5.97. The van der Waals surface area contributed by atoms with Crippen LogP contribution in [0.2, 0.25) is 0 Å². The summed E-state index contributed by atoms with van der Waals surface area (Å²) in [5, 5.41) is 8.62. The van der Waals surface area contributed by atoms with E-state index in [9.17, 15) is 14.4 Å². The number of hydrogen-bond acceptors (Lipinski definition) is 4. The molecule has 1 aliphatic heterocycles. The Hall–Kier alpha value is -3.29. The van der Waals surface area contributed by atoms with Crippen LogP contribution in [0.3, 0.4) is 0 Å². The first kappa shape index (κ1) is 21.4. The molecule has 1 saturated heterocycles. The number of furan rings is 1. The first-order valence-electron chi connectivity index (χ1n) is 10.0. The topological polar surface area (TPSA) is 104 Å². The molecule has 3 N–H and O–H groups in total. The van der Waals surface area contributed by atoms with Crippen LogP contribution in [0.5, 0.6) is 0 Å². The second kappa shape index (κ2) is 9.02. The molecule has 160 valence electrons. The lowest BCUT2D eigenvalue weighted by atomic mass is 10.0. The summed E-state index contributed by atoms with van der Waals surface area (Å²) in [7, 11) is 0. The molecule has 1 aromatic carbocycles. The standard InChI is InChI=1S/C22H28N4O4/c1-22(2,3)25-19(27)15-5-4-6-18(13-15)24-21(29)23-17-7-10-26(11-8-17)20(28)16-9-12-30-14-16/h4-6,9,12-14,17H,7-8,10-11H2,1-3H3,(H,25,27)(H2,23,24,29). The van der Waals surface area contributed by atoms with Gasteiger partial charge in [-0.1, -0.05) is 6.07 Å². The van der Waals surface area contributed by atoms with Crippen molar-refractivity contribution in [2.75, 3.05) is 18.4 Å². The van der Waals surface area contributed by atoms with Crippen molar-refractivity contribution in [1.29, 1.82) is 0 Å². The van der Waals surface area contributed by atoms with Crippen LogP contribution in [0.25, 0.3) is 0 Å². The summed E-state index contributed by atoms with van der Waals surface area (Å²) in [5.41, 5.74) is 1.22. The van der Waals surface area contributed by atoms with Crippen molar-refractivity contribution in [3.05, 3.63) is 54.0 Å². The molecule has 2 aromatic rings. The van der Waals surface area contributed by atoms with Gasteiger partial charge in [0.1, 0.15) is 6.26 Å². The molecule has 0 unspecified atom stereocenters. The van der Waals surface area contributed by atoms with E-state index in [2.05, 4.69) is 16.0 Å². The van der Waals surface area contributed by atoms with E-state index in [4.69, 9.17) is 4.42 Å². The molecule has 1 fully saturated rings. The normalized spacial score (nSPS) is 14.8. The van der Waals surface area contributed by atoms with E-state index in [-0.39, 0.29) is 29.4 Å². The van der Waals surface area contributed by atoms with Gasteiger partial charge in [0.2, 0.25) is 0 Å². The fourth-order valence-corrected chi connectivity index (χ4v) is 3.30. The first-order valence-corrected chi connectivity index (χ1v) is 10.0. The zero-order chi connectivity index (χ0) is 21.7. The molecule has 0 spiro atoms. The maximum Gasteiger partial charge on any atom is 0.319 e. The fraction of sp³-hybridized carbons (Fsp3) is 0.409. The molecule has 0 radical (unpaired) electrons. The first-order chi connectivity index (χ1) is 14.2. The van der Waals surface area contributed by atoms with Gasteiger partial charge in [-0.25, -0.2) is 4.79 Å². The van der Waals surface area contributed by atoms with E-state index in [0.717, 1.165) is 0 Å². The number of carbonyl (C=O) groups excluding carboxylic acids is 3. The van der Waals surface area contributed by atoms with Crippen LogP contribution in [0.1, 0.15) is 54.3 Å². The number of hydrogen-bond donors (Lipinski definition) is 3. The van der Waals surface area contributed by atoms with E-state index >= 15 is 0 Å². The number of urea groups is 1. The summed E-state index contributed by atoms with van der Waals surface area (Å²) in [6.07, 6.45) is 4.26. The van der Waals surface area contributed by atoms with Gasteiger partial charge in [0.05, 0.1) is 11.8 Å². The monoisotopic (exact) mass is 412 g/mol. The third-order valence-corrected chi connectivity index (χ3v) is 4.76. The molecule has 1 aliphatic rings. The Morgan fingerprint density at radius 1 is 1.07 bits per heavy atom. The van der Waals surface area contributed by atoms with Gasteiger partial charge in [-0.05, 0) is 57.9 Å². The molecule has 0 saturated carbocycles. The van der Waals surface area contributed by atoms with Crippen LogP contribution in [0.4, 0.5) is 10.5 Å². The number of carbonyl (C=O) groups is 3. The fourth-order valence-electron chi connectivity index (χ4n) is 3.30. The Labute approximate surface area is 176 Å². The number of likely N-dealkylation sites (tertiary alicyclic amines) is 1. The van der Waals surface area contributed by atoms with Gasteiger partial charge in [-0.15, -0.1) is 0 Å². The molecule has 2 heterocycles. The van der Waals surface area contributed by atoms with Gasteiger partial charge in [-0.3, -0.25) is 9.59 Å². The molecular formula is C22H28N4O4. The Balaban J connectivity index is 1.49. The van der Waals surface area contributed by atoms with Crippen LogP contribution in [-0.4, -0.2) is 47.4 Å². The van der Waals surface area contributed by atoms with Crippen molar-refractivity contribution in [2.45, 2.75) is 45.2 Å². The highest BCUT2D eigenvalue weighted by Gasteiger charge is 2.25. The predicted octanol–water partition coefficient (Wildman–Crippen LogP) is 3.23. The zero-order valence-electron chi connectivity index (χ0n) is 17.5. The molecule has 0 atom stereocenters. The van der Waals surface area contributed by atoms with Crippen LogP contribution in [-0.2, 0) is 0 Å². The Kier molecular flexibility index (Phi) is 6.44. The smallest absolute Gasteiger partial charge is 0.319 e. The van der Waals surface area contributed by atoms with E-state index in [1.54, 1.807) is 35.2 Å². The van der Waals surface area contributed by atoms with Crippen LogP contribution in [0.15, 0.2) is 47.3 Å². The van der Waals surface area contributed by atoms with E-state index in [1.165, 1.54) is 12.5 Å². The number of nitrogens with zero attached hydrogens (tertiary/aromatic N) is 1. The van der Waals surface area contributed by atoms with Gasteiger partial charge < -0.3 is 25.3 Å². The number of benzene rings is 1. The van der Waals surface area contributed by atoms with E-state index in [1.807, 2.05) is 20.8 Å². The minimum atomic E-state index is -0.342. The zero-order valence-corrected chi connectivity index (χ0v) is 17.5. The number of rotatable bonds is 4. The quantitative estimate of drug-likeness (QED) is 0.717. The van der Waals surface area contributed by atoms with Crippen molar-refractivity contribution in [3.8, 4) is 0 Å². The third-order valence-electron chi connectivity index (χ3n) is 4.76. The predicted molar refractivity (Wildman–Crippen MR) is 113 cm³/mol. The molecule has 1 aromatic heterocycles. The second-order valence-corrected chi connectivity index (χ2v) is 8.46. The van der Waals surface area contributed by atoms with Crippen molar-refractivity contribution >= 4 is 23.5 Å². The maximum atomic E-state index is 12.4. The average molecular weight is 412 g/mol. The van der Waals surface area contributed by atoms with Crippen LogP contribution >= 0.6 is 0 Å². The summed E-state index contributed by atoms with van der Waals surface area (Å²) in [6, 6.07) is 8.11. The third kappa shape index (κ3) is 5.85. The van der Waals surface area contributed by atoms with Crippen LogP contribution in [0, 0.1) is 0 Å². The minimum absolute atomic E-state index is 0.0224. The van der Waals surface area contributed by atoms with Crippen molar-refractivity contribution in [3.63, 3.8) is 0 Å². The molecular weight excluding hydrogens is 384 g/mol. The number of anilines is 1. The molecule has 4 amide bonds. The highest BCUT2D eigenvalue weighted by atomic mass is 16.3. The second-order valence-electron chi connectivity index (χ2n) is 8.46. The summed E-state index contributed by atoms with van der Waals surface area (Å²) in [5.74, 6) is -0.252. The van der Waals surface area contributed by atoms with Crippen molar-refractivity contribution in [2.24, 2.45) is 0 Å². The molecule has 8 heteroatoms. The number of piperidine rings is 1. The molecule has 0 aliphatic carbocycles. The van der Waals surface area contributed by atoms with Crippen LogP contribution < -0.4 is 16.0 Å². The lowest BCUT2D eigenvalue weighted by Crippen LogP contribution is -2.47. The SMILES string of the molecule is CC(C)(C)NC(=O)c1cccc(NC(=O)NC2CCN(C(=O)c3ccoc3)CC2)c1. The molecule has 0 bridgehead atoms. The molecule has 30 heavy (non-hydrogen) atoms. The van der Waals surface area contributed by atoms with Crippen molar-refractivity contribution < 1.29 is 18.8 Å². The number of amides is 4. The van der Waals surface area contributed by atoms with Gasteiger partial charge in [-0.2, -0.15) is 0 Å². The average Bonchev–Trinajstić information content (AvgIpc) is 3.21. The van der Waals surface area contributed by atoms with E-state index in [0.29, 0.717) is 42.7 Å². The number of nitrogens with one attached hydrogen (secondary N) is 3. The van der Waals surface area contributed by atoms with Gasteiger partial charge in [0.15, 0.2) is 0 Å². The largest absolute Gasteiger partial charge is 0.472 e. The maximum absolute atomic E-state index is 12.4. The molecule has 8 nitrogen and oxygen atoms in total. The highest BCUT2D eigenvalue weighted by Crippen LogP contribution is 2.16. The Morgan fingerprint density at radius 2 is 1.80 bits per heavy atom. The van der Waals surface area contributed by atoms with Gasteiger partial charge in [0.25, 0.3) is 11.8 Å². The lowest BCUT2D eigenvalue weighted by Gasteiger charge is -2.32. The van der Waals surface area contributed by atoms with Gasteiger partial charge in [0, 0.05) is 35.9 Å². The Morgan fingerprint density at radius 3 is 2.43 bits per heavy atom. The summed E-state index contributed by atoms with van der Waals surface area (Å²) >= 11 is 0. The van der Waals surface area contributed by atoms with Crippen molar-refractivity contribution in [1.82, 2.24) is 15.5 Å². The lowest BCUT2D eigenvalue weighted by molar-refractivity contribution is 0.0707. The summed E-state index contributed by atoms with van der Waals surface area (Å²) in [4.78, 5) is 38.8. The van der Waals surface area contributed by atoms with Gasteiger partial charge >= 0.3 is 6.03 Å². The summed E-state index contributed by atoms with van der Waals surface area (Å²) < 4.78 is 4.97. The van der Waals surface area contributed by atoms with E-state index < -0.39 is 0 Å². The summed E-state index contributed by atoms with van der Waals surface area (Å²) in [6.45, 7) is 6.87. The molecule has 3 rings (SSSR count).